The molecule has 0 aliphatic heterocycles. The van der Waals surface area contributed by atoms with Crippen LogP contribution >= 0.6 is 0 Å². The van der Waals surface area contributed by atoms with E-state index >= 15 is 0 Å². The van der Waals surface area contributed by atoms with Gasteiger partial charge in [0.2, 0.25) is 0 Å². The molecule has 1 fully saturated rings. The summed E-state index contributed by atoms with van der Waals surface area (Å²) in [5.41, 5.74) is 2.87. The van der Waals surface area contributed by atoms with Gasteiger partial charge in [0.25, 0.3) is 0 Å². The second-order valence-corrected chi connectivity index (χ2v) is 5.59. The molecule has 0 bridgehead atoms. The largest absolute Gasteiger partial charge is 0.362 e. The van der Waals surface area contributed by atoms with Gasteiger partial charge in [-0.05, 0) is 25.3 Å². The van der Waals surface area contributed by atoms with Crippen molar-refractivity contribution in [3.63, 3.8) is 0 Å². The number of benzene rings is 1. The summed E-state index contributed by atoms with van der Waals surface area (Å²) in [6.07, 6.45) is 4.02. The molecule has 4 rings (SSSR count). The Morgan fingerprint density at radius 2 is 2.00 bits per heavy atom. The Labute approximate surface area is 122 Å². The average molecular weight is 279 g/mol. The van der Waals surface area contributed by atoms with Gasteiger partial charge in [-0.3, -0.25) is 0 Å². The lowest BCUT2D eigenvalue weighted by molar-refractivity contribution is 0.875. The van der Waals surface area contributed by atoms with Crippen LogP contribution in [0.1, 0.15) is 43.1 Å². The Morgan fingerprint density at radius 1 is 1.19 bits per heavy atom. The fourth-order valence-electron chi connectivity index (χ4n) is 2.53. The maximum absolute atomic E-state index is 4.68. The number of imidazole rings is 1. The van der Waals surface area contributed by atoms with Gasteiger partial charge in [-0.1, -0.05) is 30.3 Å². The first-order valence-corrected chi connectivity index (χ1v) is 7.33. The van der Waals surface area contributed by atoms with Gasteiger partial charge in [0, 0.05) is 5.92 Å². The lowest BCUT2D eigenvalue weighted by atomic mass is 10.1. The molecule has 0 saturated heterocycles. The Hall–Kier alpha value is -2.43. The Bertz CT molecular complexity index is 761. The van der Waals surface area contributed by atoms with Crippen LogP contribution in [0.15, 0.2) is 36.7 Å². The number of hydrogen-bond acceptors (Lipinski definition) is 4. The smallest absolute Gasteiger partial charge is 0.163 e. The summed E-state index contributed by atoms with van der Waals surface area (Å²) < 4.78 is 0. The van der Waals surface area contributed by atoms with Crippen LogP contribution in [0.5, 0.6) is 0 Å². The molecule has 1 unspecified atom stereocenters. The van der Waals surface area contributed by atoms with Crippen molar-refractivity contribution < 1.29 is 0 Å². The van der Waals surface area contributed by atoms with Crippen LogP contribution in [-0.4, -0.2) is 19.9 Å². The highest BCUT2D eigenvalue weighted by molar-refractivity contribution is 5.82. The minimum absolute atomic E-state index is 0.172. The maximum Gasteiger partial charge on any atom is 0.163 e. The predicted octanol–water partition coefficient (Wildman–Crippen LogP) is 3.40. The van der Waals surface area contributed by atoms with E-state index < -0.39 is 0 Å². The zero-order valence-corrected chi connectivity index (χ0v) is 11.9. The summed E-state index contributed by atoms with van der Waals surface area (Å²) in [6, 6.07) is 10.5. The number of rotatable bonds is 4. The number of hydrogen-bond donors (Lipinski definition) is 2. The van der Waals surface area contributed by atoms with Gasteiger partial charge < -0.3 is 10.3 Å². The van der Waals surface area contributed by atoms with Crippen molar-refractivity contribution in [3.8, 4) is 0 Å². The van der Waals surface area contributed by atoms with Crippen molar-refractivity contribution in [2.75, 3.05) is 5.32 Å². The van der Waals surface area contributed by atoms with E-state index in [1.807, 2.05) is 18.2 Å². The molecule has 2 heterocycles. The second-order valence-electron chi connectivity index (χ2n) is 5.59. The molecule has 1 aromatic carbocycles. The van der Waals surface area contributed by atoms with Crippen molar-refractivity contribution >= 4 is 17.0 Å². The summed E-state index contributed by atoms with van der Waals surface area (Å²) in [5.74, 6) is 2.42. The van der Waals surface area contributed by atoms with Crippen LogP contribution < -0.4 is 5.32 Å². The summed E-state index contributed by atoms with van der Waals surface area (Å²) >= 11 is 0. The standard InChI is InChI=1S/C16H17N5/c1-10(11-5-3-2-4-6-11)19-15-13-16(18-9-17-15)21-14(20-13)12-7-8-12/h2-6,9-10,12H,7-8H2,1H3,(H2,17,18,19,20,21). The molecule has 2 aromatic heterocycles. The number of aromatic amines is 1. The maximum atomic E-state index is 4.68. The van der Waals surface area contributed by atoms with Gasteiger partial charge in [0.05, 0.1) is 6.04 Å². The zero-order valence-electron chi connectivity index (χ0n) is 11.9. The molecule has 5 heteroatoms. The zero-order chi connectivity index (χ0) is 14.2. The first kappa shape index (κ1) is 12.3. The highest BCUT2D eigenvalue weighted by atomic mass is 15.1. The van der Waals surface area contributed by atoms with Crippen LogP contribution in [-0.2, 0) is 0 Å². The first-order chi connectivity index (χ1) is 10.3. The molecule has 3 aromatic rings. The van der Waals surface area contributed by atoms with E-state index in [0.717, 1.165) is 22.8 Å². The van der Waals surface area contributed by atoms with Gasteiger partial charge in [-0.15, -0.1) is 0 Å². The Balaban J connectivity index is 1.66. The summed E-state index contributed by atoms with van der Waals surface area (Å²) in [6.45, 7) is 2.12. The van der Waals surface area contributed by atoms with Crippen LogP contribution in [0.25, 0.3) is 11.2 Å². The molecule has 1 aliphatic rings. The van der Waals surface area contributed by atoms with Gasteiger partial charge in [-0.25, -0.2) is 15.0 Å². The minimum atomic E-state index is 0.172. The van der Waals surface area contributed by atoms with Crippen molar-refractivity contribution in [1.29, 1.82) is 0 Å². The summed E-state index contributed by atoms with van der Waals surface area (Å²) in [7, 11) is 0. The van der Waals surface area contributed by atoms with E-state index in [-0.39, 0.29) is 6.04 Å². The van der Waals surface area contributed by atoms with Crippen molar-refractivity contribution in [3.05, 3.63) is 48.0 Å². The lowest BCUT2D eigenvalue weighted by Gasteiger charge is -2.14. The van der Waals surface area contributed by atoms with Gasteiger partial charge in [0.1, 0.15) is 12.2 Å². The van der Waals surface area contributed by atoms with E-state index in [0.29, 0.717) is 5.92 Å². The average Bonchev–Trinajstić information content (AvgIpc) is 3.28. The van der Waals surface area contributed by atoms with E-state index in [1.165, 1.54) is 18.4 Å². The van der Waals surface area contributed by atoms with E-state index in [4.69, 9.17) is 0 Å². The minimum Gasteiger partial charge on any atom is -0.362 e. The van der Waals surface area contributed by atoms with E-state index in [9.17, 15) is 0 Å². The highest BCUT2D eigenvalue weighted by Gasteiger charge is 2.27. The molecule has 0 spiro atoms. The number of aromatic nitrogens is 4. The fraction of sp³-hybridized carbons (Fsp3) is 0.312. The predicted molar refractivity (Wildman–Crippen MR) is 82.1 cm³/mol. The lowest BCUT2D eigenvalue weighted by Crippen LogP contribution is -2.08. The van der Waals surface area contributed by atoms with Gasteiger partial charge >= 0.3 is 0 Å². The Kier molecular flexibility index (Phi) is 2.84. The van der Waals surface area contributed by atoms with Crippen LogP contribution in [0, 0.1) is 0 Å². The number of H-pyrrole nitrogens is 1. The molecular weight excluding hydrogens is 262 g/mol. The topological polar surface area (TPSA) is 66.5 Å². The second kappa shape index (κ2) is 4.84. The molecule has 21 heavy (non-hydrogen) atoms. The molecule has 0 radical (unpaired) electrons. The third-order valence-corrected chi connectivity index (χ3v) is 3.92. The molecule has 5 nitrogen and oxygen atoms in total. The number of nitrogens with zero attached hydrogens (tertiary/aromatic N) is 3. The number of anilines is 1. The molecule has 1 saturated carbocycles. The Morgan fingerprint density at radius 3 is 2.76 bits per heavy atom. The fourth-order valence-corrected chi connectivity index (χ4v) is 2.53. The number of nitrogens with one attached hydrogen (secondary N) is 2. The molecule has 1 atom stereocenters. The summed E-state index contributed by atoms with van der Waals surface area (Å²) in [4.78, 5) is 16.6. The van der Waals surface area contributed by atoms with Crippen molar-refractivity contribution in [1.82, 2.24) is 19.9 Å². The quantitative estimate of drug-likeness (QED) is 0.768. The molecule has 106 valence electrons. The summed E-state index contributed by atoms with van der Waals surface area (Å²) in [5, 5.41) is 3.44. The van der Waals surface area contributed by atoms with Gasteiger partial charge in [0.15, 0.2) is 17.0 Å². The third-order valence-electron chi connectivity index (χ3n) is 3.92. The van der Waals surface area contributed by atoms with Crippen molar-refractivity contribution in [2.45, 2.75) is 31.7 Å². The normalized spacial score (nSPS) is 16.0. The monoisotopic (exact) mass is 279 g/mol. The van der Waals surface area contributed by atoms with Crippen molar-refractivity contribution in [2.24, 2.45) is 0 Å². The molecule has 1 aliphatic carbocycles. The molecular formula is C16H17N5. The third kappa shape index (κ3) is 2.35. The highest BCUT2D eigenvalue weighted by Crippen LogP contribution is 2.39. The molecule has 0 amide bonds. The van der Waals surface area contributed by atoms with E-state index in [1.54, 1.807) is 6.33 Å². The van der Waals surface area contributed by atoms with Crippen LogP contribution in [0.4, 0.5) is 5.82 Å². The molecule has 2 N–H and O–H groups in total. The first-order valence-electron chi connectivity index (χ1n) is 7.33. The van der Waals surface area contributed by atoms with Gasteiger partial charge in [-0.2, -0.15) is 0 Å². The van der Waals surface area contributed by atoms with E-state index in [2.05, 4.69) is 44.3 Å². The van der Waals surface area contributed by atoms with Crippen LogP contribution in [0.3, 0.4) is 0 Å². The van der Waals surface area contributed by atoms with Crippen LogP contribution in [0.2, 0.25) is 0 Å². The number of fused-ring (bicyclic) bond motifs is 1. The SMILES string of the molecule is CC(Nc1ncnc2[nH]c(C3CC3)nc12)c1ccccc1.